The summed E-state index contributed by atoms with van der Waals surface area (Å²) in [4.78, 5) is 45.7. The number of fused-ring (bicyclic) bond motifs is 1. The molecule has 3 aromatic rings. The molecular weight excluding hydrogens is 416 g/mol. The van der Waals surface area contributed by atoms with E-state index in [1.807, 2.05) is 0 Å². The molecule has 0 bridgehead atoms. The highest BCUT2D eigenvalue weighted by atomic mass is 16.4. The second-order valence-corrected chi connectivity index (χ2v) is 7.19. The summed E-state index contributed by atoms with van der Waals surface area (Å²) in [6.07, 6.45) is 2.80. The smallest absolute Gasteiger partial charge is 0.326 e. The first kappa shape index (κ1) is 22.5. The van der Waals surface area contributed by atoms with Crippen LogP contribution < -0.4 is 5.32 Å². The van der Waals surface area contributed by atoms with E-state index in [0.717, 1.165) is 5.56 Å². The van der Waals surface area contributed by atoms with Crippen molar-refractivity contribution in [2.75, 3.05) is 0 Å². The molecule has 166 valence electrons. The van der Waals surface area contributed by atoms with Crippen molar-refractivity contribution in [2.24, 2.45) is 0 Å². The quantitative estimate of drug-likeness (QED) is 0.318. The third-order valence-electron chi connectivity index (χ3n) is 5.01. The van der Waals surface area contributed by atoms with Crippen LogP contribution in [0, 0.1) is 6.92 Å². The molecule has 0 aliphatic heterocycles. The second-order valence-electron chi connectivity index (χ2n) is 7.19. The van der Waals surface area contributed by atoms with Crippen LogP contribution in [-0.2, 0) is 9.59 Å². The molecule has 1 amide bonds. The molecule has 2 atom stereocenters. The molecule has 0 saturated carbocycles. The van der Waals surface area contributed by atoms with E-state index in [0.29, 0.717) is 22.4 Å². The monoisotopic (exact) mass is 438 g/mol. The minimum atomic E-state index is -1.31. The molecule has 10 heteroatoms. The number of carbonyl (C=O) groups is 3. The predicted octanol–water partition coefficient (Wildman–Crippen LogP) is 2.34. The van der Waals surface area contributed by atoms with E-state index in [9.17, 15) is 24.6 Å². The topological polar surface area (TPSA) is 165 Å². The molecule has 5 N–H and O–H groups in total. The highest BCUT2D eigenvalue weighted by Gasteiger charge is 2.23. The number of rotatable bonds is 9. The molecule has 0 aliphatic carbocycles. The lowest BCUT2D eigenvalue weighted by Crippen LogP contribution is -2.41. The molecule has 2 heterocycles. The lowest BCUT2D eigenvalue weighted by atomic mass is 9.91. The van der Waals surface area contributed by atoms with E-state index in [1.165, 1.54) is 12.1 Å². The Hall–Kier alpha value is -4.21. The summed E-state index contributed by atoms with van der Waals surface area (Å²) >= 11 is 0. The number of amides is 1. The first-order valence-corrected chi connectivity index (χ1v) is 9.73. The summed E-state index contributed by atoms with van der Waals surface area (Å²) in [6, 6.07) is 5.15. The number of hydrogen-bond acceptors (Lipinski definition) is 6. The molecule has 0 spiro atoms. The normalized spacial score (nSPS) is 12.8. The lowest BCUT2D eigenvalue weighted by molar-refractivity contribution is -0.140. The van der Waals surface area contributed by atoms with Gasteiger partial charge in [0.2, 0.25) is 5.88 Å². The number of H-pyrrole nitrogens is 1. The Labute approximate surface area is 182 Å². The van der Waals surface area contributed by atoms with Crippen LogP contribution in [0.3, 0.4) is 0 Å². The number of aliphatic carboxylic acids is 2. The standard InChI is InChI=1S/C22H22N4O6/c1-3-14(15-10-23-19-18(15)21(30)25-11(2)24-19)12-4-6-13(7-5-12)20(29)26-16(22(31)32)8-9-17(27)28/h3-7,10,14,16H,1,8-9H2,2H3,(H,26,29)(H,27,28)(H,31,32)(H2,23,24,25,30)/t14?,16-/m0/s1. The van der Waals surface area contributed by atoms with Gasteiger partial charge in [0.25, 0.3) is 5.91 Å². The Morgan fingerprint density at radius 2 is 1.88 bits per heavy atom. The minimum Gasteiger partial charge on any atom is -0.493 e. The summed E-state index contributed by atoms with van der Waals surface area (Å²) in [5.41, 5.74) is 2.20. The van der Waals surface area contributed by atoms with Gasteiger partial charge in [-0.2, -0.15) is 4.98 Å². The van der Waals surface area contributed by atoms with Crippen LogP contribution in [-0.4, -0.2) is 54.2 Å². The van der Waals surface area contributed by atoms with Gasteiger partial charge in [-0.05, 0) is 36.6 Å². The lowest BCUT2D eigenvalue weighted by Gasteiger charge is -2.15. The molecule has 10 nitrogen and oxygen atoms in total. The van der Waals surface area contributed by atoms with Crippen LogP contribution in [0.2, 0.25) is 0 Å². The van der Waals surface area contributed by atoms with Crippen LogP contribution in [0.5, 0.6) is 5.88 Å². The van der Waals surface area contributed by atoms with Gasteiger partial charge in [-0.15, -0.1) is 6.58 Å². The number of benzene rings is 1. The molecule has 0 radical (unpaired) electrons. The Bertz CT molecular complexity index is 1190. The molecule has 32 heavy (non-hydrogen) atoms. The van der Waals surface area contributed by atoms with Gasteiger partial charge in [0.1, 0.15) is 17.5 Å². The Kier molecular flexibility index (Phi) is 6.53. The van der Waals surface area contributed by atoms with Gasteiger partial charge < -0.3 is 25.6 Å². The summed E-state index contributed by atoms with van der Waals surface area (Å²) in [7, 11) is 0. The number of aromatic nitrogens is 3. The number of carboxylic acid groups (broad SMARTS) is 2. The number of nitrogens with one attached hydrogen (secondary N) is 2. The SMILES string of the molecule is C=CC(c1ccc(C(=O)N[C@@H](CCC(=O)O)C(=O)O)cc1)c1c[nH]c2nc(C)nc(O)c12. The van der Waals surface area contributed by atoms with Crippen molar-refractivity contribution in [2.45, 2.75) is 31.7 Å². The van der Waals surface area contributed by atoms with Crippen molar-refractivity contribution in [3.05, 3.63) is 65.6 Å². The van der Waals surface area contributed by atoms with Gasteiger partial charge in [0.05, 0.1) is 5.39 Å². The number of carboxylic acids is 2. The van der Waals surface area contributed by atoms with Crippen LogP contribution >= 0.6 is 0 Å². The Morgan fingerprint density at radius 1 is 1.19 bits per heavy atom. The molecule has 2 aromatic heterocycles. The van der Waals surface area contributed by atoms with Gasteiger partial charge in [-0.25, -0.2) is 9.78 Å². The Morgan fingerprint density at radius 3 is 2.47 bits per heavy atom. The molecule has 1 aromatic carbocycles. The molecule has 0 saturated heterocycles. The van der Waals surface area contributed by atoms with Crippen molar-refractivity contribution >= 4 is 28.9 Å². The summed E-state index contributed by atoms with van der Waals surface area (Å²) < 4.78 is 0. The van der Waals surface area contributed by atoms with E-state index >= 15 is 0 Å². The third kappa shape index (κ3) is 4.75. The number of nitrogens with zero attached hydrogens (tertiary/aromatic N) is 2. The van der Waals surface area contributed by atoms with E-state index in [1.54, 1.807) is 31.3 Å². The fraction of sp³-hybridized carbons (Fsp3) is 0.227. The van der Waals surface area contributed by atoms with Crippen LogP contribution in [0.15, 0.2) is 43.1 Å². The molecule has 0 fully saturated rings. The van der Waals surface area contributed by atoms with Crippen LogP contribution in [0.4, 0.5) is 0 Å². The van der Waals surface area contributed by atoms with Crippen molar-refractivity contribution < 1.29 is 29.7 Å². The first-order chi connectivity index (χ1) is 15.2. The number of aryl methyl sites for hydroxylation is 1. The first-order valence-electron chi connectivity index (χ1n) is 9.73. The second kappa shape index (κ2) is 9.29. The van der Waals surface area contributed by atoms with E-state index < -0.39 is 23.9 Å². The van der Waals surface area contributed by atoms with Crippen LogP contribution in [0.25, 0.3) is 11.0 Å². The number of aromatic hydroxyl groups is 1. The maximum absolute atomic E-state index is 12.4. The predicted molar refractivity (Wildman–Crippen MR) is 115 cm³/mol. The maximum Gasteiger partial charge on any atom is 0.326 e. The zero-order valence-corrected chi connectivity index (χ0v) is 17.2. The average molecular weight is 438 g/mol. The van der Waals surface area contributed by atoms with Gasteiger partial charge >= 0.3 is 11.9 Å². The summed E-state index contributed by atoms with van der Waals surface area (Å²) in [5.74, 6) is -3.13. The van der Waals surface area contributed by atoms with Gasteiger partial charge in [-0.1, -0.05) is 18.2 Å². The van der Waals surface area contributed by atoms with Crippen LogP contribution in [0.1, 0.15) is 46.1 Å². The fourth-order valence-electron chi connectivity index (χ4n) is 3.44. The maximum atomic E-state index is 12.4. The van der Waals surface area contributed by atoms with Gasteiger partial charge in [0.15, 0.2) is 0 Å². The summed E-state index contributed by atoms with van der Waals surface area (Å²) in [5, 5.41) is 31.1. The number of hydrogen-bond donors (Lipinski definition) is 5. The zero-order valence-electron chi connectivity index (χ0n) is 17.2. The summed E-state index contributed by atoms with van der Waals surface area (Å²) in [6.45, 7) is 5.54. The largest absolute Gasteiger partial charge is 0.493 e. The fourth-order valence-corrected chi connectivity index (χ4v) is 3.44. The molecule has 3 rings (SSSR count). The van der Waals surface area contributed by atoms with Gasteiger partial charge in [0, 0.05) is 24.1 Å². The highest BCUT2D eigenvalue weighted by molar-refractivity contribution is 5.96. The minimum absolute atomic E-state index is 0.146. The van der Waals surface area contributed by atoms with Gasteiger partial charge in [-0.3, -0.25) is 9.59 Å². The number of aromatic amines is 1. The highest BCUT2D eigenvalue weighted by Crippen LogP contribution is 2.34. The van der Waals surface area contributed by atoms with Crippen molar-refractivity contribution in [1.29, 1.82) is 0 Å². The third-order valence-corrected chi connectivity index (χ3v) is 5.01. The van der Waals surface area contributed by atoms with E-state index in [2.05, 4.69) is 26.8 Å². The number of allylic oxidation sites excluding steroid dienone is 1. The molecule has 0 aliphatic rings. The van der Waals surface area contributed by atoms with E-state index in [-0.39, 0.29) is 30.2 Å². The molecular formula is C22H22N4O6. The zero-order chi connectivity index (χ0) is 23.4. The average Bonchev–Trinajstić information content (AvgIpc) is 3.15. The number of carbonyl (C=O) groups excluding carboxylic acids is 1. The molecule has 1 unspecified atom stereocenters. The van der Waals surface area contributed by atoms with Crippen molar-refractivity contribution in [3.63, 3.8) is 0 Å². The van der Waals surface area contributed by atoms with E-state index in [4.69, 9.17) is 5.11 Å². The van der Waals surface area contributed by atoms with Crippen molar-refractivity contribution in [3.8, 4) is 5.88 Å². The van der Waals surface area contributed by atoms with Crippen molar-refractivity contribution in [1.82, 2.24) is 20.3 Å². The Balaban J connectivity index is 1.82.